The van der Waals surface area contributed by atoms with E-state index in [4.69, 9.17) is 0 Å². The van der Waals surface area contributed by atoms with Crippen LogP contribution in [0.3, 0.4) is 0 Å². The molecule has 2 unspecified atom stereocenters. The summed E-state index contributed by atoms with van der Waals surface area (Å²) in [6.45, 7) is 1.95. The highest BCUT2D eigenvalue weighted by molar-refractivity contribution is 7.15. The average molecular weight is 277 g/mol. The Hall–Kier alpha value is -1.49. The first-order chi connectivity index (χ1) is 9.22. The van der Waals surface area contributed by atoms with Crippen LogP contribution in [-0.4, -0.2) is 16.2 Å². The summed E-state index contributed by atoms with van der Waals surface area (Å²) >= 11 is 1.58. The molecular weight excluding hydrogens is 261 g/mol. The monoisotopic (exact) mass is 277 g/mol. The lowest BCUT2D eigenvalue weighted by Crippen LogP contribution is -2.22. The van der Waals surface area contributed by atoms with Crippen LogP contribution in [0.25, 0.3) is 0 Å². The summed E-state index contributed by atoms with van der Waals surface area (Å²) in [6.07, 6.45) is 3.46. The molecule has 0 spiro atoms. The van der Waals surface area contributed by atoms with E-state index in [0.29, 0.717) is 12.0 Å². The summed E-state index contributed by atoms with van der Waals surface area (Å²) in [6, 6.07) is 7.24. The van der Waals surface area contributed by atoms with E-state index in [1.165, 1.54) is 12.0 Å². The number of rotatable bonds is 3. The molecule has 0 bridgehead atoms. The van der Waals surface area contributed by atoms with Gasteiger partial charge in [0.05, 0.1) is 0 Å². The minimum absolute atomic E-state index is 0.175. The minimum Gasteiger partial charge on any atom is -0.357 e. The second kappa shape index (κ2) is 5.25. The molecular formula is C14H16FN3S. The SMILES string of the molecule is Cc1nnc(NC2CCCC2c2ccc(F)cc2)s1. The molecule has 1 saturated carbocycles. The minimum atomic E-state index is -0.175. The largest absolute Gasteiger partial charge is 0.357 e. The van der Waals surface area contributed by atoms with Gasteiger partial charge in [0.2, 0.25) is 5.13 Å². The molecule has 1 N–H and O–H groups in total. The fourth-order valence-corrected chi connectivity index (χ4v) is 3.41. The van der Waals surface area contributed by atoms with Crippen LogP contribution in [0.4, 0.5) is 9.52 Å². The van der Waals surface area contributed by atoms with Gasteiger partial charge in [-0.05, 0) is 37.5 Å². The average Bonchev–Trinajstić information content (AvgIpc) is 3.00. The van der Waals surface area contributed by atoms with Crippen LogP contribution >= 0.6 is 11.3 Å². The van der Waals surface area contributed by atoms with Crippen LogP contribution in [0.5, 0.6) is 0 Å². The highest BCUT2D eigenvalue weighted by Crippen LogP contribution is 2.36. The van der Waals surface area contributed by atoms with Crippen molar-refractivity contribution in [2.45, 2.75) is 38.1 Å². The standard InChI is InChI=1S/C14H16FN3S/c1-9-17-18-14(19-9)16-13-4-2-3-12(13)10-5-7-11(15)8-6-10/h5-8,12-13H,2-4H2,1H3,(H,16,18). The van der Waals surface area contributed by atoms with Crippen molar-refractivity contribution in [2.24, 2.45) is 0 Å². The van der Waals surface area contributed by atoms with Gasteiger partial charge < -0.3 is 5.32 Å². The van der Waals surface area contributed by atoms with E-state index in [1.54, 1.807) is 23.5 Å². The Morgan fingerprint density at radius 1 is 1.21 bits per heavy atom. The van der Waals surface area contributed by atoms with E-state index in [1.807, 2.05) is 19.1 Å². The second-order valence-electron chi connectivity index (χ2n) is 4.97. The number of hydrogen-bond donors (Lipinski definition) is 1. The van der Waals surface area contributed by atoms with Crippen molar-refractivity contribution in [1.82, 2.24) is 10.2 Å². The molecule has 100 valence electrons. The van der Waals surface area contributed by atoms with Crippen molar-refractivity contribution >= 4 is 16.5 Å². The number of aryl methyl sites for hydroxylation is 1. The lowest BCUT2D eigenvalue weighted by Gasteiger charge is -2.20. The highest BCUT2D eigenvalue weighted by Gasteiger charge is 2.29. The Balaban J connectivity index is 1.76. The molecule has 1 heterocycles. The molecule has 0 amide bonds. The van der Waals surface area contributed by atoms with Crippen molar-refractivity contribution < 1.29 is 4.39 Å². The summed E-state index contributed by atoms with van der Waals surface area (Å²) in [4.78, 5) is 0. The van der Waals surface area contributed by atoms with Crippen molar-refractivity contribution in [3.63, 3.8) is 0 Å². The Labute approximate surface area is 115 Å². The van der Waals surface area contributed by atoms with Crippen molar-refractivity contribution in [3.05, 3.63) is 40.7 Å². The normalized spacial score (nSPS) is 22.6. The lowest BCUT2D eigenvalue weighted by atomic mass is 9.94. The molecule has 2 aromatic rings. The number of benzene rings is 1. The summed E-state index contributed by atoms with van der Waals surface area (Å²) in [5, 5.41) is 13.5. The van der Waals surface area contributed by atoms with Gasteiger partial charge in [0, 0.05) is 12.0 Å². The van der Waals surface area contributed by atoms with Crippen LogP contribution in [0, 0.1) is 12.7 Å². The zero-order valence-electron chi connectivity index (χ0n) is 10.8. The Morgan fingerprint density at radius 2 is 2.00 bits per heavy atom. The molecule has 19 heavy (non-hydrogen) atoms. The van der Waals surface area contributed by atoms with Crippen molar-refractivity contribution in [3.8, 4) is 0 Å². The topological polar surface area (TPSA) is 37.8 Å². The zero-order chi connectivity index (χ0) is 13.2. The quantitative estimate of drug-likeness (QED) is 0.929. The summed E-state index contributed by atoms with van der Waals surface area (Å²) in [7, 11) is 0. The van der Waals surface area contributed by atoms with E-state index in [2.05, 4.69) is 15.5 Å². The van der Waals surface area contributed by atoms with Gasteiger partial charge in [-0.3, -0.25) is 0 Å². The molecule has 0 radical (unpaired) electrons. The van der Waals surface area contributed by atoms with Crippen LogP contribution < -0.4 is 5.32 Å². The molecule has 1 fully saturated rings. The zero-order valence-corrected chi connectivity index (χ0v) is 11.6. The van der Waals surface area contributed by atoms with Gasteiger partial charge in [-0.25, -0.2) is 4.39 Å². The molecule has 2 atom stereocenters. The third-order valence-corrected chi connectivity index (χ3v) is 4.42. The van der Waals surface area contributed by atoms with Crippen LogP contribution in [0.15, 0.2) is 24.3 Å². The number of aromatic nitrogens is 2. The summed E-state index contributed by atoms with van der Waals surface area (Å²) in [5.41, 5.74) is 1.21. The highest BCUT2D eigenvalue weighted by atomic mass is 32.1. The number of nitrogens with one attached hydrogen (secondary N) is 1. The molecule has 0 saturated heterocycles. The fourth-order valence-electron chi connectivity index (χ4n) is 2.76. The van der Waals surface area contributed by atoms with Crippen LogP contribution in [-0.2, 0) is 0 Å². The molecule has 0 aliphatic heterocycles. The van der Waals surface area contributed by atoms with Crippen molar-refractivity contribution in [2.75, 3.05) is 5.32 Å². The number of nitrogens with zero attached hydrogens (tertiary/aromatic N) is 2. The van der Waals surface area contributed by atoms with E-state index < -0.39 is 0 Å². The maximum absolute atomic E-state index is 13.0. The fraction of sp³-hybridized carbons (Fsp3) is 0.429. The first-order valence-corrected chi connectivity index (χ1v) is 7.36. The van der Waals surface area contributed by atoms with Gasteiger partial charge in [0.1, 0.15) is 10.8 Å². The van der Waals surface area contributed by atoms with E-state index in [-0.39, 0.29) is 5.82 Å². The predicted molar refractivity (Wildman–Crippen MR) is 75.0 cm³/mol. The van der Waals surface area contributed by atoms with Crippen LogP contribution in [0.2, 0.25) is 0 Å². The molecule has 3 rings (SSSR count). The third-order valence-electron chi connectivity index (χ3n) is 3.65. The predicted octanol–water partition coefficient (Wildman–Crippen LogP) is 3.73. The lowest BCUT2D eigenvalue weighted by molar-refractivity contribution is 0.618. The number of anilines is 1. The maximum Gasteiger partial charge on any atom is 0.205 e. The van der Waals surface area contributed by atoms with Gasteiger partial charge in [0.15, 0.2) is 0 Å². The Morgan fingerprint density at radius 3 is 2.68 bits per heavy atom. The van der Waals surface area contributed by atoms with E-state index in [0.717, 1.165) is 23.0 Å². The van der Waals surface area contributed by atoms with Gasteiger partial charge >= 0.3 is 0 Å². The summed E-state index contributed by atoms with van der Waals surface area (Å²) < 4.78 is 13.0. The molecule has 1 aromatic heterocycles. The van der Waals surface area contributed by atoms with Gasteiger partial charge in [0.25, 0.3) is 0 Å². The molecule has 3 nitrogen and oxygen atoms in total. The Bertz CT molecular complexity index is 552. The maximum atomic E-state index is 13.0. The molecule has 1 aliphatic carbocycles. The molecule has 1 aliphatic rings. The number of hydrogen-bond acceptors (Lipinski definition) is 4. The third kappa shape index (κ3) is 2.76. The summed E-state index contributed by atoms with van der Waals surface area (Å²) in [5.74, 6) is 0.260. The first kappa shape index (κ1) is 12.5. The van der Waals surface area contributed by atoms with Gasteiger partial charge in [-0.2, -0.15) is 0 Å². The first-order valence-electron chi connectivity index (χ1n) is 6.54. The van der Waals surface area contributed by atoms with Crippen molar-refractivity contribution in [1.29, 1.82) is 0 Å². The number of halogens is 1. The van der Waals surface area contributed by atoms with E-state index >= 15 is 0 Å². The van der Waals surface area contributed by atoms with Crippen LogP contribution in [0.1, 0.15) is 35.8 Å². The Kier molecular flexibility index (Phi) is 3.46. The molecule has 5 heteroatoms. The van der Waals surface area contributed by atoms with Gasteiger partial charge in [-0.1, -0.05) is 29.9 Å². The van der Waals surface area contributed by atoms with E-state index in [9.17, 15) is 4.39 Å². The molecule has 1 aromatic carbocycles. The second-order valence-corrected chi connectivity index (χ2v) is 6.15. The smallest absolute Gasteiger partial charge is 0.205 e. The van der Waals surface area contributed by atoms with Gasteiger partial charge in [-0.15, -0.1) is 10.2 Å².